The Balaban J connectivity index is 2.80. The Kier molecular flexibility index (Phi) is 1.17. The molecule has 10 heavy (non-hydrogen) atoms. The lowest BCUT2D eigenvalue weighted by molar-refractivity contribution is -0.604. The van der Waals surface area contributed by atoms with Crippen LogP contribution in [0.15, 0.2) is 0 Å². The lowest BCUT2D eigenvalue weighted by atomic mass is 10.3. The minimum Gasteiger partial charge on any atom is -0.259 e. The molecule has 1 fully saturated rings. The highest BCUT2D eigenvalue weighted by Crippen LogP contribution is 2.43. The maximum absolute atomic E-state index is 12.1. The normalized spacial score (nSPS) is 22.3. The van der Waals surface area contributed by atoms with Crippen LogP contribution in [0.25, 0.3) is 0 Å². The van der Waals surface area contributed by atoms with Gasteiger partial charge in [-0.25, -0.2) is 0 Å². The van der Waals surface area contributed by atoms with Gasteiger partial charge in [0.15, 0.2) is 0 Å². The molecule has 1 saturated heterocycles. The molecule has 1 heterocycles. The molecule has 0 aromatic rings. The number of alkyl halides is 2. The Morgan fingerprint density at radius 2 is 2.00 bits per heavy atom. The van der Waals surface area contributed by atoms with E-state index in [9.17, 15) is 18.9 Å². The Hall–Kier alpha value is -0.820. The second-order valence-corrected chi connectivity index (χ2v) is 1.89. The third kappa shape index (κ3) is 0.745. The van der Waals surface area contributed by atoms with Gasteiger partial charge in [0.25, 0.3) is 0 Å². The number of hydrogen-bond donors (Lipinski definition) is 0. The van der Waals surface area contributed by atoms with E-state index in [1.165, 1.54) is 0 Å². The predicted molar refractivity (Wildman–Crippen MR) is 22.5 cm³/mol. The van der Waals surface area contributed by atoms with Crippen molar-refractivity contribution >= 4 is 0 Å². The van der Waals surface area contributed by atoms with Crippen LogP contribution in [0.1, 0.15) is 6.92 Å². The van der Waals surface area contributed by atoms with Crippen LogP contribution in [-0.4, -0.2) is 16.8 Å². The largest absolute Gasteiger partial charge is 0.557 e. The summed E-state index contributed by atoms with van der Waals surface area (Å²) in [7, 11) is 0. The third-order valence-electron chi connectivity index (χ3n) is 1.04. The number of rotatable bonds is 2. The van der Waals surface area contributed by atoms with Crippen molar-refractivity contribution in [3.8, 4) is 0 Å². The van der Waals surface area contributed by atoms with Crippen LogP contribution in [0, 0.1) is 10.1 Å². The molecule has 0 spiro atoms. The van der Waals surface area contributed by atoms with E-state index in [0.717, 1.165) is 0 Å². The van der Waals surface area contributed by atoms with Crippen molar-refractivity contribution in [2.45, 2.75) is 18.8 Å². The van der Waals surface area contributed by atoms with Crippen LogP contribution in [-0.2, 0) is 9.78 Å². The maximum Gasteiger partial charge on any atom is 0.557 e. The van der Waals surface area contributed by atoms with Crippen LogP contribution in [0.5, 0.6) is 0 Å². The first kappa shape index (κ1) is 7.29. The highest BCUT2D eigenvalue weighted by atomic mass is 19.3. The average molecular weight is 155 g/mol. The maximum atomic E-state index is 12.1. The molecule has 0 bridgehead atoms. The molecule has 0 aromatic heterocycles. The molecule has 58 valence electrons. The predicted octanol–water partition coefficient (Wildman–Crippen LogP) is 0.534. The Bertz CT molecular complexity index is 172. The van der Waals surface area contributed by atoms with Gasteiger partial charge in [-0.1, -0.05) is 0 Å². The average Bonchev–Trinajstić information content (AvgIpc) is 2.36. The molecule has 0 radical (unpaired) electrons. The van der Waals surface area contributed by atoms with Gasteiger partial charge in [0, 0.05) is 6.92 Å². The summed E-state index contributed by atoms with van der Waals surface area (Å²) >= 11 is 0. The van der Waals surface area contributed by atoms with Crippen LogP contribution in [0.2, 0.25) is 0 Å². The molecular formula is C3H3F2NO4. The summed E-state index contributed by atoms with van der Waals surface area (Å²) in [6.45, 7) is 0.350. The zero-order chi connectivity index (χ0) is 7.99. The summed E-state index contributed by atoms with van der Waals surface area (Å²) in [6.07, 6.45) is 0. The number of nitro groups is 1. The monoisotopic (exact) mass is 155 g/mol. The van der Waals surface area contributed by atoms with Crippen molar-refractivity contribution in [3.05, 3.63) is 10.1 Å². The molecule has 0 N–H and O–H groups in total. The van der Waals surface area contributed by atoms with Crippen LogP contribution >= 0.6 is 0 Å². The quantitative estimate of drug-likeness (QED) is 0.252. The molecule has 0 amide bonds. The van der Waals surface area contributed by atoms with Crippen molar-refractivity contribution in [1.82, 2.24) is 0 Å². The molecule has 1 rings (SSSR count). The second kappa shape index (κ2) is 1.61. The van der Waals surface area contributed by atoms with E-state index in [1.807, 2.05) is 0 Å². The van der Waals surface area contributed by atoms with E-state index >= 15 is 0 Å². The van der Waals surface area contributed by atoms with E-state index in [-0.39, 0.29) is 0 Å². The zero-order valence-electron chi connectivity index (χ0n) is 4.84. The molecular weight excluding hydrogens is 152 g/mol. The van der Waals surface area contributed by atoms with Gasteiger partial charge in [-0.15, -0.1) is 9.78 Å². The van der Waals surface area contributed by atoms with Crippen molar-refractivity contribution in [2.24, 2.45) is 0 Å². The first-order valence-electron chi connectivity index (χ1n) is 2.29. The highest BCUT2D eigenvalue weighted by Gasteiger charge is 2.79. The molecule has 0 aromatic carbocycles. The standard InChI is InChI=1S/C3H3F2NO4/c1-2(4,5)3(6(7)8)9-10-3/h1H3. The molecule has 1 aliphatic heterocycles. The van der Waals surface area contributed by atoms with E-state index in [0.29, 0.717) is 6.92 Å². The Morgan fingerprint density at radius 3 is 2.00 bits per heavy atom. The number of nitrogens with zero attached hydrogens (tertiary/aromatic N) is 1. The molecule has 0 aliphatic carbocycles. The van der Waals surface area contributed by atoms with Crippen molar-refractivity contribution in [1.29, 1.82) is 0 Å². The van der Waals surface area contributed by atoms with Gasteiger partial charge in [-0.3, -0.25) is 10.1 Å². The SMILES string of the molecule is CC(F)(F)C1([N+](=O)[O-])OO1. The minimum atomic E-state index is -3.61. The highest BCUT2D eigenvalue weighted by molar-refractivity contribution is 4.75. The first-order valence-corrected chi connectivity index (χ1v) is 2.29. The molecule has 1 aliphatic rings. The van der Waals surface area contributed by atoms with E-state index in [2.05, 4.69) is 9.78 Å². The first-order chi connectivity index (χ1) is 4.40. The number of hydrogen-bond acceptors (Lipinski definition) is 4. The Morgan fingerprint density at radius 1 is 1.60 bits per heavy atom. The van der Waals surface area contributed by atoms with Gasteiger partial charge in [0.2, 0.25) is 0 Å². The second-order valence-electron chi connectivity index (χ2n) is 1.89. The fourth-order valence-corrected chi connectivity index (χ4v) is 0.407. The third-order valence-corrected chi connectivity index (χ3v) is 1.04. The zero-order valence-corrected chi connectivity index (χ0v) is 4.84. The van der Waals surface area contributed by atoms with Crippen molar-refractivity contribution < 1.29 is 23.5 Å². The fourth-order valence-electron chi connectivity index (χ4n) is 0.407. The molecule has 0 atom stereocenters. The van der Waals surface area contributed by atoms with E-state index in [4.69, 9.17) is 0 Å². The van der Waals surface area contributed by atoms with Gasteiger partial charge in [-0.2, -0.15) is 8.78 Å². The van der Waals surface area contributed by atoms with Crippen LogP contribution in [0.3, 0.4) is 0 Å². The smallest absolute Gasteiger partial charge is 0.259 e. The van der Waals surface area contributed by atoms with E-state index < -0.39 is 16.8 Å². The molecule has 5 nitrogen and oxygen atoms in total. The summed E-state index contributed by atoms with van der Waals surface area (Å²) in [4.78, 5) is 15.6. The molecule has 0 saturated carbocycles. The van der Waals surface area contributed by atoms with E-state index in [1.54, 1.807) is 0 Å². The number of halogens is 2. The summed E-state index contributed by atoms with van der Waals surface area (Å²) in [6, 6.07) is 0. The van der Waals surface area contributed by atoms with Crippen molar-refractivity contribution in [3.63, 3.8) is 0 Å². The van der Waals surface area contributed by atoms with Gasteiger partial charge >= 0.3 is 11.8 Å². The summed E-state index contributed by atoms with van der Waals surface area (Å²) in [5, 5.41) is 9.81. The van der Waals surface area contributed by atoms with Crippen LogP contribution < -0.4 is 0 Å². The van der Waals surface area contributed by atoms with Gasteiger partial charge in [-0.05, 0) is 0 Å². The fraction of sp³-hybridized carbons (Fsp3) is 1.00. The topological polar surface area (TPSA) is 68.2 Å². The lowest BCUT2D eigenvalue weighted by Crippen LogP contribution is -2.40. The molecule has 7 heteroatoms. The summed E-state index contributed by atoms with van der Waals surface area (Å²) in [5.41, 5.74) is 0. The minimum absolute atomic E-state index is 0.350. The van der Waals surface area contributed by atoms with Gasteiger partial charge < -0.3 is 0 Å². The van der Waals surface area contributed by atoms with Crippen molar-refractivity contribution in [2.75, 3.05) is 0 Å². The molecule has 0 unspecified atom stereocenters. The van der Waals surface area contributed by atoms with Gasteiger partial charge in [0.05, 0.1) is 4.92 Å². The summed E-state index contributed by atoms with van der Waals surface area (Å²) in [5.74, 6) is -6.54. The lowest BCUT2D eigenvalue weighted by Gasteiger charge is -2.05. The Labute approximate surface area is 53.6 Å². The van der Waals surface area contributed by atoms with Gasteiger partial charge in [0.1, 0.15) is 0 Å². The summed E-state index contributed by atoms with van der Waals surface area (Å²) < 4.78 is 24.2. The van der Waals surface area contributed by atoms with Crippen LogP contribution in [0.4, 0.5) is 8.78 Å².